The molecule has 0 amide bonds. The van der Waals surface area contributed by atoms with Crippen molar-refractivity contribution in [3.63, 3.8) is 0 Å². The largest absolute Gasteiger partial charge is 0.316 e. The van der Waals surface area contributed by atoms with E-state index in [9.17, 15) is 0 Å². The molecular formula is C18H27N. The van der Waals surface area contributed by atoms with Gasteiger partial charge in [-0.1, -0.05) is 49.9 Å². The minimum atomic E-state index is 0.696. The predicted molar refractivity (Wildman–Crippen MR) is 81.5 cm³/mol. The topological polar surface area (TPSA) is 12.0 Å². The maximum atomic E-state index is 3.68. The van der Waals surface area contributed by atoms with Gasteiger partial charge in [0.1, 0.15) is 0 Å². The van der Waals surface area contributed by atoms with Crippen LogP contribution >= 0.6 is 0 Å². The molecule has 1 N–H and O–H groups in total. The third kappa shape index (κ3) is 2.72. The van der Waals surface area contributed by atoms with Crippen LogP contribution in [0.25, 0.3) is 0 Å². The second-order valence-electron chi connectivity index (χ2n) is 6.41. The van der Waals surface area contributed by atoms with E-state index in [2.05, 4.69) is 36.6 Å². The van der Waals surface area contributed by atoms with Crippen molar-refractivity contribution in [2.24, 2.45) is 5.92 Å². The average molecular weight is 257 g/mol. The van der Waals surface area contributed by atoms with Gasteiger partial charge >= 0.3 is 0 Å². The fourth-order valence-electron chi connectivity index (χ4n) is 4.40. The van der Waals surface area contributed by atoms with Crippen molar-refractivity contribution in [2.45, 2.75) is 63.3 Å². The van der Waals surface area contributed by atoms with Crippen LogP contribution in [0.2, 0.25) is 0 Å². The van der Waals surface area contributed by atoms with Crippen LogP contribution in [0.3, 0.4) is 0 Å². The first-order chi connectivity index (χ1) is 9.40. The van der Waals surface area contributed by atoms with Gasteiger partial charge < -0.3 is 5.32 Å². The smallest absolute Gasteiger partial charge is 0.0161 e. The van der Waals surface area contributed by atoms with Crippen LogP contribution in [-0.2, 0) is 6.42 Å². The van der Waals surface area contributed by atoms with E-state index in [-0.39, 0.29) is 0 Å². The van der Waals surface area contributed by atoms with Gasteiger partial charge in [0, 0.05) is 12.0 Å². The highest BCUT2D eigenvalue weighted by atomic mass is 14.9. The molecule has 1 aromatic carbocycles. The van der Waals surface area contributed by atoms with Crippen molar-refractivity contribution in [2.75, 3.05) is 7.05 Å². The van der Waals surface area contributed by atoms with E-state index < -0.39 is 0 Å². The molecule has 0 heterocycles. The number of aryl methyl sites for hydroxylation is 1. The van der Waals surface area contributed by atoms with E-state index in [1.807, 2.05) is 0 Å². The zero-order chi connectivity index (χ0) is 13.1. The number of benzene rings is 1. The summed E-state index contributed by atoms with van der Waals surface area (Å²) in [5.74, 6) is 1.65. The summed E-state index contributed by atoms with van der Waals surface area (Å²) < 4.78 is 0. The summed E-state index contributed by atoms with van der Waals surface area (Å²) in [4.78, 5) is 0. The molecule has 0 aromatic heterocycles. The summed E-state index contributed by atoms with van der Waals surface area (Å²) in [6.45, 7) is 0. The second kappa shape index (κ2) is 6.09. The fraction of sp³-hybridized carbons (Fsp3) is 0.667. The minimum absolute atomic E-state index is 0.696. The van der Waals surface area contributed by atoms with E-state index >= 15 is 0 Å². The number of fused-ring (bicyclic) bond motifs is 1. The second-order valence-corrected chi connectivity index (χ2v) is 6.41. The van der Waals surface area contributed by atoms with Crippen LogP contribution in [0.5, 0.6) is 0 Å². The monoisotopic (exact) mass is 257 g/mol. The molecule has 19 heavy (non-hydrogen) atoms. The molecule has 1 nitrogen and oxygen atoms in total. The molecule has 3 rings (SSSR count). The molecule has 0 saturated heterocycles. The molecule has 0 radical (unpaired) electrons. The van der Waals surface area contributed by atoms with Crippen LogP contribution < -0.4 is 5.32 Å². The average Bonchev–Trinajstić information content (AvgIpc) is 2.69. The molecular weight excluding hydrogens is 230 g/mol. The van der Waals surface area contributed by atoms with Gasteiger partial charge in [-0.25, -0.2) is 0 Å². The van der Waals surface area contributed by atoms with Crippen LogP contribution in [0.1, 0.15) is 62.0 Å². The molecule has 1 saturated carbocycles. The van der Waals surface area contributed by atoms with Gasteiger partial charge in [-0.15, -0.1) is 0 Å². The predicted octanol–water partition coefficient (Wildman–Crippen LogP) is 4.27. The van der Waals surface area contributed by atoms with Crippen molar-refractivity contribution in [3.05, 3.63) is 35.4 Å². The molecule has 0 aliphatic heterocycles. The van der Waals surface area contributed by atoms with Crippen molar-refractivity contribution in [1.29, 1.82) is 0 Å². The van der Waals surface area contributed by atoms with Gasteiger partial charge in [-0.3, -0.25) is 0 Å². The zero-order valence-electron chi connectivity index (χ0n) is 12.2. The molecule has 2 aliphatic carbocycles. The number of rotatable bonds is 3. The first-order valence-corrected chi connectivity index (χ1v) is 8.15. The lowest BCUT2D eigenvalue weighted by atomic mass is 9.81. The quantitative estimate of drug-likeness (QED) is 0.797. The van der Waals surface area contributed by atoms with Gasteiger partial charge in [-0.2, -0.15) is 0 Å². The molecule has 2 unspecified atom stereocenters. The van der Waals surface area contributed by atoms with Crippen LogP contribution in [0.15, 0.2) is 24.3 Å². The lowest BCUT2D eigenvalue weighted by Crippen LogP contribution is -2.38. The maximum absolute atomic E-state index is 3.68. The van der Waals surface area contributed by atoms with E-state index in [4.69, 9.17) is 0 Å². The van der Waals surface area contributed by atoms with Crippen molar-refractivity contribution in [1.82, 2.24) is 5.32 Å². The minimum Gasteiger partial charge on any atom is -0.316 e. The van der Waals surface area contributed by atoms with Gasteiger partial charge in [0.2, 0.25) is 0 Å². The third-order valence-electron chi connectivity index (χ3n) is 5.35. The highest BCUT2D eigenvalue weighted by Gasteiger charge is 2.33. The molecule has 104 valence electrons. The van der Waals surface area contributed by atoms with Gasteiger partial charge in [-0.05, 0) is 49.8 Å². The highest BCUT2D eigenvalue weighted by molar-refractivity contribution is 5.36. The lowest BCUT2D eigenvalue weighted by Gasteiger charge is -2.31. The fourth-order valence-corrected chi connectivity index (χ4v) is 4.40. The zero-order valence-corrected chi connectivity index (χ0v) is 12.2. The Kier molecular flexibility index (Phi) is 4.22. The molecule has 0 spiro atoms. The molecule has 1 heteroatoms. The number of nitrogens with one attached hydrogen (secondary N) is 1. The Bertz CT molecular complexity index is 404. The molecule has 0 bridgehead atoms. The highest BCUT2D eigenvalue weighted by Crippen LogP contribution is 2.40. The van der Waals surface area contributed by atoms with Crippen LogP contribution in [0, 0.1) is 5.92 Å². The Morgan fingerprint density at radius 2 is 1.74 bits per heavy atom. The maximum Gasteiger partial charge on any atom is 0.0161 e. The third-order valence-corrected chi connectivity index (χ3v) is 5.35. The Hall–Kier alpha value is -0.820. The van der Waals surface area contributed by atoms with E-state index in [1.165, 1.54) is 51.4 Å². The van der Waals surface area contributed by atoms with Gasteiger partial charge in [0.25, 0.3) is 0 Å². The Labute approximate surface area is 117 Å². The molecule has 2 atom stereocenters. The van der Waals surface area contributed by atoms with E-state index in [0.717, 1.165) is 11.8 Å². The van der Waals surface area contributed by atoms with Crippen LogP contribution in [-0.4, -0.2) is 13.1 Å². The first kappa shape index (κ1) is 13.2. The van der Waals surface area contributed by atoms with Gasteiger partial charge in [0.15, 0.2) is 0 Å². The summed E-state index contributed by atoms with van der Waals surface area (Å²) in [5.41, 5.74) is 3.23. The Morgan fingerprint density at radius 1 is 1.00 bits per heavy atom. The number of hydrogen-bond donors (Lipinski definition) is 1. The Morgan fingerprint density at radius 3 is 2.47 bits per heavy atom. The Balaban J connectivity index is 1.79. The van der Waals surface area contributed by atoms with Crippen molar-refractivity contribution in [3.8, 4) is 0 Å². The SMILES string of the molecule is CNC(C1CCCCCC1)C1CCc2ccccc21. The first-order valence-electron chi connectivity index (χ1n) is 8.15. The van der Waals surface area contributed by atoms with E-state index in [1.54, 1.807) is 11.1 Å². The summed E-state index contributed by atoms with van der Waals surface area (Å²) in [6.07, 6.45) is 11.3. The van der Waals surface area contributed by atoms with E-state index in [0.29, 0.717) is 6.04 Å². The summed E-state index contributed by atoms with van der Waals surface area (Å²) >= 11 is 0. The molecule has 2 aliphatic rings. The lowest BCUT2D eigenvalue weighted by molar-refractivity contribution is 0.291. The van der Waals surface area contributed by atoms with Crippen molar-refractivity contribution < 1.29 is 0 Å². The summed E-state index contributed by atoms with van der Waals surface area (Å²) in [5, 5.41) is 3.68. The number of likely N-dealkylation sites (N-methyl/N-ethyl adjacent to an activating group) is 1. The van der Waals surface area contributed by atoms with Crippen molar-refractivity contribution >= 4 is 0 Å². The van der Waals surface area contributed by atoms with Crippen LogP contribution in [0.4, 0.5) is 0 Å². The molecule has 1 fully saturated rings. The molecule has 1 aromatic rings. The van der Waals surface area contributed by atoms with Gasteiger partial charge in [0.05, 0.1) is 0 Å². The summed E-state index contributed by atoms with van der Waals surface area (Å²) in [7, 11) is 2.18. The normalized spacial score (nSPS) is 25.8. The standard InChI is InChI=1S/C18H27N/c1-19-18(15-9-4-2-3-5-10-15)17-13-12-14-8-6-7-11-16(14)17/h6-8,11,15,17-19H,2-5,9-10,12-13H2,1H3. The number of hydrogen-bond acceptors (Lipinski definition) is 1. The summed E-state index contributed by atoms with van der Waals surface area (Å²) in [6, 6.07) is 9.81.